The molecule has 0 aliphatic rings. The first-order valence-electron chi connectivity index (χ1n) is 2.70. The number of aryl methyl sites for hydroxylation is 1. The van der Waals surface area contributed by atoms with Gasteiger partial charge in [-0.15, -0.1) is 11.3 Å². The fourth-order valence-electron chi connectivity index (χ4n) is 0.644. The van der Waals surface area contributed by atoms with Crippen molar-refractivity contribution in [2.75, 3.05) is 0 Å². The summed E-state index contributed by atoms with van der Waals surface area (Å²) in [6, 6.07) is 1.97. The van der Waals surface area contributed by atoms with Gasteiger partial charge in [-0.2, -0.15) is 0 Å². The third-order valence-corrected chi connectivity index (χ3v) is 3.01. The van der Waals surface area contributed by atoms with Gasteiger partial charge < -0.3 is 0 Å². The van der Waals surface area contributed by atoms with Crippen LogP contribution in [0.25, 0.3) is 4.48 Å². The Hall–Kier alpha value is -0.370. The van der Waals surface area contributed by atoms with Crippen LogP contribution in [0.2, 0.25) is 0 Å². The highest BCUT2D eigenvalue weighted by Gasteiger charge is 2.02. The minimum atomic E-state index is 0.514. The zero-order valence-electron chi connectivity index (χ0n) is 5.35. The van der Waals surface area contributed by atoms with Crippen LogP contribution in [0, 0.1) is 6.92 Å². The molecule has 0 fully saturated rings. The van der Waals surface area contributed by atoms with Crippen molar-refractivity contribution in [3.63, 3.8) is 0 Å². The van der Waals surface area contributed by atoms with Crippen LogP contribution in [-0.2, 0) is 4.79 Å². The van der Waals surface area contributed by atoms with Gasteiger partial charge in [-0.3, -0.25) is 0 Å². The predicted octanol–water partition coefficient (Wildman–Crippen LogP) is 2.62. The normalized spacial score (nSPS) is 9.00. The van der Waals surface area contributed by atoms with Gasteiger partial charge in [0, 0.05) is 0 Å². The van der Waals surface area contributed by atoms with Crippen LogP contribution in [0.3, 0.4) is 0 Å². The molecule has 0 spiro atoms. The molecule has 0 unspecified atom stereocenters. The van der Waals surface area contributed by atoms with E-state index in [4.69, 9.17) is 0 Å². The van der Waals surface area contributed by atoms with Crippen LogP contribution in [0.5, 0.6) is 0 Å². The van der Waals surface area contributed by atoms with Crippen molar-refractivity contribution < 1.29 is 4.79 Å². The minimum absolute atomic E-state index is 0.514. The van der Waals surface area contributed by atoms with E-state index in [1.165, 1.54) is 11.3 Å². The van der Waals surface area contributed by atoms with Crippen LogP contribution in [0.1, 0.15) is 10.4 Å². The maximum absolute atomic E-state index is 10.2. The van der Waals surface area contributed by atoms with Gasteiger partial charge in [0.2, 0.25) is 0 Å². The molecular weight excluding hydrogens is 212 g/mol. The second kappa shape index (κ2) is 3.15. The molecule has 1 nitrogen and oxygen atoms in total. The molecule has 1 rings (SSSR count). The lowest BCUT2D eigenvalue weighted by Gasteiger charge is -1.88. The first-order chi connectivity index (χ1) is 4.75. The average Bonchev–Trinajstić information content (AvgIpc) is 2.34. The third-order valence-electron chi connectivity index (χ3n) is 1.15. The monoisotopic (exact) mass is 216 g/mol. The molecule has 1 aromatic rings. The van der Waals surface area contributed by atoms with Gasteiger partial charge in [0.15, 0.2) is 0 Å². The average molecular weight is 217 g/mol. The molecule has 0 saturated heterocycles. The van der Waals surface area contributed by atoms with Crippen molar-refractivity contribution in [2.24, 2.45) is 0 Å². The van der Waals surface area contributed by atoms with E-state index < -0.39 is 0 Å². The Bertz CT molecular complexity index is 284. The summed E-state index contributed by atoms with van der Waals surface area (Å²) in [7, 11) is 0. The summed E-state index contributed by atoms with van der Waals surface area (Å²) in [6.07, 6.45) is 0. The van der Waals surface area contributed by atoms with E-state index in [1.54, 1.807) is 5.94 Å². The molecule has 52 valence electrons. The Morgan fingerprint density at radius 3 is 2.90 bits per heavy atom. The summed E-state index contributed by atoms with van der Waals surface area (Å²) >= 11 is 4.65. The summed E-state index contributed by atoms with van der Waals surface area (Å²) in [6.45, 7) is 1.96. The van der Waals surface area contributed by atoms with Gasteiger partial charge in [0.05, 0.1) is 4.88 Å². The Morgan fingerprint density at radius 1 is 1.80 bits per heavy atom. The van der Waals surface area contributed by atoms with Gasteiger partial charge in [0.25, 0.3) is 0 Å². The number of rotatable bonds is 1. The third kappa shape index (κ3) is 1.37. The van der Waals surface area contributed by atoms with Gasteiger partial charge in [0.1, 0.15) is 10.4 Å². The molecule has 0 aromatic carbocycles. The Morgan fingerprint density at radius 2 is 2.50 bits per heavy atom. The van der Waals surface area contributed by atoms with E-state index in [2.05, 4.69) is 15.9 Å². The van der Waals surface area contributed by atoms with Gasteiger partial charge in [-0.25, -0.2) is 4.79 Å². The van der Waals surface area contributed by atoms with E-state index in [9.17, 15) is 4.79 Å². The highest BCUT2D eigenvalue weighted by Crippen LogP contribution is 2.26. The number of thiophene rings is 1. The van der Waals surface area contributed by atoms with E-state index in [0.717, 1.165) is 10.4 Å². The van der Waals surface area contributed by atoms with E-state index in [1.807, 2.05) is 18.4 Å². The van der Waals surface area contributed by atoms with Crippen LogP contribution in [0.4, 0.5) is 0 Å². The van der Waals surface area contributed by atoms with Crippen LogP contribution in [-0.4, -0.2) is 5.94 Å². The molecule has 10 heavy (non-hydrogen) atoms. The fourth-order valence-corrected chi connectivity index (χ4v) is 2.04. The fraction of sp³-hybridized carbons (Fsp3) is 0.143. The van der Waals surface area contributed by atoms with Gasteiger partial charge in [-0.05, 0) is 39.9 Å². The second-order valence-corrected chi connectivity index (χ2v) is 3.56. The molecule has 1 aromatic heterocycles. The smallest absolute Gasteiger partial charge is 0.141 e. The number of hydrogen-bond acceptors (Lipinski definition) is 2. The molecule has 0 saturated carbocycles. The lowest BCUT2D eigenvalue weighted by atomic mass is 10.3. The minimum Gasteiger partial charge on any atom is -0.232 e. The zero-order valence-corrected chi connectivity index (χ0v) is 7.75. The molecule has 0 amide bonds. The quantitative estimate of drug-likeness (QED) is 0.661. The predicted molar refractivity (Wildman–Crippen MR) is 47.1 cm³/mol. The summed E-state index contributed by atoms with van der Waals surface area (Å²) < 4.78 is 0.514. The lowest BCUT2D eigenvalue weighted by molar-refractivity contribution is 0.570. The van der Waals surface area contributed by atoms with Crippen molar-refractivity contribution >= 4 is 37.7 Å². The zero-order chi connectivity index (χ0) is 7.56. The molecular formula is C7H5BrOS. The topological polar surface area (TPSA) is 17.1 Å². The van der Waals surface area contributed by atoms with E-state index >= 15 is 0 Å². The Balaban J connectivity index is 3.17. The summed E-state index contributed by atoms with van der Waals surface area (Å²) in [5.74, 6) is 1.80. The molecule has 0 bridgehead atoms. The number of carbonyl (C=O) groups excluding carboxylic acids is 1. The number of halogens is 1. The first-order valence-corrected chi connectivity index (χ1v) is 4.38. The van der Waals surface area contributed by atoms with Crippen molar-refractivity contribution in [1.29, 1.82) is 0 Å². The van der Waals surface area contributed by atoms with Crippen LogP contribution < -0.4 is 0 Å². The molecule has 0 aliphatic carbocycles. The highest BCUT2D eigenvalue weighted by molar-refractivity contribution is 9.15. The maximum atomic E-state index is 10.2. The van der Waals surface area contributed by atoms with Gasteiger partial charge in [-0.1, -0.05) is 0 Å². The second-order valence-electron chi connectivity index (χ2n) is 1.85. The molecule has 3 heteroatoms. The van der Waals surface area contributed by atoms with E-state index in [0.29, 0.717) is 4.48 Å². The lowest BCUT2D eigenvalue weighted by Crippen LogP contribution is -1.72. The molecule has 0 N–H and O–H groups in total. The Kier molecular flexibility index (Phi) is 2.44. The SMILES string of the molecule is Cc1ccsc1C(Br)=C=O. The van der Waals surface area contributed by atoms with E-state index in [-0.39, 0.29) is 0 Å². The first kappa shape index (κ1) is 7.73. The van der Waals surface area contributed by atoms with Crippen LogP contribution in [0.15, 0.2) is 11.4 Å². The van der Waals surface area contributed by atoms with Crippen molar-refractivity contribution in [3.8, 4) is 0 Å². The molecule has 1 heterocycles. The summed E-state index contributed by atoms with van der Waals surface area (Å²) in [5, 5.41) is 1.95. The molecule has 0 radical (unpaired) electrons. The summed E-state index contributed by atoms with van der Waals surface area (Å²) in [4.78, 5) is 11.1. The maximum Gasteiger partial charge on any atom is 0.141 e. The number of hydrogen-bond donors (Lipinski definition) is 0. The Labute approximate surface area is 71.5 Å². The summed E-state index contributed by atoms with van der Waals surface area (Å²) in [5.41, 5.74) is 1.11. The standard InChI is InChI=1S/C7H5BrOS/c1-5-2-3-10-7(5)6(8)4-9/h2-3H,1H3. The largest absolute Gasteiger partial charge is 0.232 e. The van der Waals surface area contributed by atoms with Crippen molar-refractivity contribution in [3.05, 3.63) is 21.9 Å². The van der Waals surface area contributed by atoms with Gasteiger partial charge >= 0.3 is 0 Å². The van der Waals surface area contributed by atoms with Crippen LogP contribution >= 0.6 is 27.3 Å². The van der Waals surface area contributed by atoms with Crippen molar-refractivity contribution in [1.82, 2.24) is 0 Å². The highest BCUT2D eigenvalue weighted by atomic mass is 79.9. The molecule has 0 atom stereocenters. The van der Waals surface area contributed by atoms with Crippen molar-refractivity contribution in [2.45, 2.75) is 6.92 Å². The molecule has 0 aliphatic heterocycles.